The Morgan fingerprint density at radius 2 is 2.13 bits per heavy atom. The second-order valence-electron chi connectivity index (χ2n) is 3.92. The van der Waals surface area contributed by atoms with Crippen molar-refractivity contribution in [1.29, 1.82) is 0 Å². The van der Waals surface area contributed by atoms with Crippen molar-refractivity contribution in [3.63, 3.8) is 0 Å². The molecule has 0 unspecified atom stereocenters. The van der Waals surface area contributed by atoms with Crippen molar-refractivity contribution >= 4 is 0 Å². The van der Waals surface area contributed by atoms with E-state index in [0.717, 1.165) is 0 Å². The molecule has 15 heavy (non-hydrogen) atoms. The van der Waals surface area contributed by atoms with Crippen LogP contribution in [0.5, 0.6) is 5.75 Å². The van der Waals surface area contributed by atoms with E-state index in [9.17, 15) is 8.78 Å². The Labute approximate surface area is 86.3 Å². The molecule has 1 aromatic heterocycles. The minimum atomic E-state index is -2.67. The summed E-state index contributed by atoms with van der Waals surface area (Å²) in [4.78, 5) is 4.03. The van der Waals surface area contributed by atoms with Crippen LogP contribution in [-0.2, 0) is 5.54 Å². The third kappa shape index (κ3) is 1.67. The van der Waals surface area contributed by atoms with Gasteiger partial charge in [0, 0.05) is 19.0 Å². The molecule has 3 nitrogen and oxygen atoms in total. The van der Waals surface area contributed by atoms with Crippen molar-refractivity contribution < 1.29 is 13.5 Å². The number of aromatic nitrogens is 1. The summed E-state index contributed by atoms with van der Waals surface area (Å²) in [6.07, 6.45) is 0.795. The van der Waals surface area contributed by atoms with Crippen LogP contribution >= 0.6 is 0 Å². The molecule has 0 saturated heterocycles. The first-order chi connectivity index (χ1) is 6.97. The molecule has 2 rings (SSSR count). The number of rotatable bonds is 2. The van der Waals surface area contributed by atoms with Gasteiger partial charge >= 0.3 is 0 Å². The number of pyridine rings is 1. The predicted molar refractivity (Wildman–Crippen MR) is 50.8 cm³/mol. The van der Waals surface area contributed by atoms with Gasteiger partial charge in [-0.25, -0.2) is 8.78 Å². The topological polar surface area (TPSA) is 48.1 Å². The number of halogens is 2. The van der Waals surface area contributed by atoms with E-state index in [1.165, 1.54) is 13.3 Å². The molecule has 0 aliphatic heterocycles. The summed E-state index contributed by atoms with van der Waals surface area (Å²) in [5.41, 5.74) is 5.22. The fraction of sp³-hybridized carbons (Fsp3) is 0.500. The van der Waals surface area contributed by atoms with E-state index in [-0.39, 0.29) is 12.8 Å². The lowest BCUT2D eigenvalue weighted by atomic mass is 9.71. The van der Waals surface area contributed by atoms with Gasteiger partial charge in [0.1, 0.15) is 11.4 Å². The third-order valence-electron chi connectivity index (χ3n) is 2.61. The molecule has 1 saturated carbocycles. The Morgan fingerprint density at radius 3 is 2.67 bits per heavy atom. The lowest BCUT2D eigenvalue weighted by Crippen LogP contribution is -2.56. The Morgan fingerprint density at radius 1 is 1.47 bits per heavy atom. The third-order valence-corrected chi connectivity index (χ3v) is 2.61. The summed E-state index contributed by atoms with van der Waals surface area (Å²) < 4.78 is 30.7. The second-order valence-corrected chi connectivity index (χ2v) is 3.92. The highest BCUT2D eigenvalue weighted by Crippen LogP contribution is 2.51. The summed E-state index contributed by atoms with van der Waals surface area (Å²) in [5.74, 6) is -2.20. The van der Waals surface area contributed by atoms with E-state index in [1.54, 1.807) is 12.1 Å². The Bertz CT molecular complexity index is 373. The highest BCUT2D eigenvalue weighted by Gasteiger charge is 2.57. The SMILES string of the molecule is COc1cccnc1C1(N)CC(F)(F)C1. The van der Waals surface area contributed by atoms with Gasteiger partial charge in [0.15, 0.2) is 0 Å². The zero-order chi connectivity index (χ0) is 11.1. The maximum atomic E-state index is 12.8. The highest BCUT2D eigenvalue weighted by atomic mass is 19.3. The van der Waals surface area contributed by atoms with Crippen LogP contribution in [-0.4, -0.2) is 18.0 Å². The average molecular weight is 214 g/mol. The first-order valence-corrected chi connectivity index (χ1v) is 4.63. The maximum Gasteiger partial charge on any atom is 0.252 e. The molecule has 1 heterocycles. The average Bonchev–Trinajstić information content (AvgIpc) is 2.14. The van der Waals surface area contributed by atoms with E-state index >= 15 is 0 Å². The largest absolute Gasteiger partial charge is 0.495 e. The van der Waals surface area contributed by atoms with Gasteiger partial charge in [-0.2, -0.15) is 0 Å². The van der Waals surface area contributed by atoms with E-state index in [2.05, 4.69) is 4.98 Å². The molecule has 0 atom stereocenters. The van der Waals surface area contributed by atoms with Gasteiger partial charge in [0.25, 0.3) is 5.92 Å². The van der Waals surface area contributed by atoms with Crippen molar-refractivity contribution in [3.8, 4) is 5.75 Å². The van der Waals surface area contributed by atoms with Crippen molar-refractivity contribution in [3.05, 3.63) is 24.0 Å². The van der Waals surface area contributed by atoms with Crippen LogP contribution in [0, 0.1) is 0 Å². The fourth-order valence-electron chi connectivity index (χ4n) is 1.97. The highest BCUT2D eigenvalue weighted by molar-refractivity contribution is 5.35. The quantitative estimate of drug-likeness (QED) is 0.814. The number of hydrogen-bond donors (Lipinski definition) is 1. The zero-order valence-electron chi connectivity index (χ0n) is 8.34. The van der Waals surface area contributed by atoms with Gasteiger partial charge in [-0.05, 0) is 12.1 Å². The van der Waals surface area contributed by atoms with Crippen LogP contribution in [0.25, 0.3) is 0 Å². The molecule has 2 N–H and O–H groups in total. The minimum Gasteiger partial charge on any atom is -0.495 e. The van der Waals surface area contributed by atoms with Crippen LogP contribution in [0.4, 0.5) is 8.78 Å². The van der Waals surface area contributed by atoms with Crippen LogP contribution in [0.1, 0.15) is 18.5 Å². The zero-order valence-corrected chi connectivity index (χ0v) is 8.34. The molecule has 0 spiro atoms. The maximum absolute atomic E-state index is 12.8. The summed E-state index contributed by atoms with van der Waals surface area (Å²) in [7, 11) is 1.47. The molecular formula is C10H12F2N2O. The van der Waals surface area contributed by atoms with Crippen molar-refractivity contribution in [2.24, 2.45) is 5.73 Å². The number of hydrogen-bond acceptors (Lipinski definition) is 3. The lowest BCUT2D eigenvalue weighted by molar-refractivity contribution is -0.126. The molecule has 1 aliphatic carbocycles. The van der Waals surface area contributed by atoms with Crippen LogP contribution < -0.4 is 10.5 Å². The number of alkyl halides is 2. The first kappa shape index (κ1) is 10.3. The van der Waals surface area contributed by atoms with E-state index < -0.39 is 11.5 Å². The Balaban J connectivity index is 2.31. The van der Waals surface area contributed by atoms with Gasteiger partial charge in [-0.3, -0.25) is 4.98 Å². The lowest BCUT2D eigenvalue weighted by Gasteiger charge is -2.44. The van der Waals surface area contributed by atoms with Crippen molar-refractivity contribution in [2.45, 2.75) is 24.3 Å². The summed E-state index contributed by atoms with van der Waals surface area (Å²) in [6.45, 7) is 0. The van der Waals surface area contributed by atoms with Gasteiger partial charge < -0.3 is 10.5 Å². The van der Waals surface area contributed by atoms with Gasteiger partial charge in [0.2, 0.25) is 0 Å². The van der Waals surface area contributed by atoms with Crippen LogP contribution in [0.15, 0.2) is 18.3 Å². The van der Waals surface area contributed by atoms with Crippen molar-refractivity contribution in [1.82, 2.24) is 4.98 Å². The molecule has 5 heteroatoms. The molecular weight excluding hydrogens is 202 g/mol. The first-order valence-electron chi connectivity index (χ1n) is 4.63. The van der Waals surface area contributed by atoms with Gasteiger partial charge in [-0.1, -0.05) is 0 Å². The molecule has 1 fully saturated rings. The monoisotopic (exact) mass is 214 g/mol. The Kier molecular flexibility index (Phi) is 2.15. The van der Waals surface area contributed by atoms with Crippen LogP contribution in [0.3, 0.4) is 0 Å². The van der Waals surface area contributed by atoms with E-state index in [0.29, 0.717) is 11.4 Å². The summed E-state index contributed by atoms with van der Waals surface area (Å²) in [6, 6.07) is 3.36. The number of methoxy groups -OCH3 is 1. The molecule has 82 valence electrons. The fourth-order valence-corrected chi connectivity index (χ4v) is 1.97. The van der Waals surface area contributed by atoms with E-state index in [4.69, 9.17) is 10.5 Å². The number of nitrogens with two attached hydrogens (primary N) is 1. The Hall–Kier alpha value is -1.23. The smallest absolute Gasteiger partial charge is 0.252 e. The standard InChI is InChI=1S/C10H12F2N2O/c1-15-7-3-2-4-14-8(7)9(13)5-10(11,12)6-9/h2-4H,5-6,13H2,1H3. The van der Waals surface area contributed by atoms with Gasteiger partial charge in [-0.15, -0.1) is 0 Å². The molecule has 0 aromatic carbocycles. The molecule has 0 amide bonds. The van der Waals surface area contributed by atoms with Crippen LogP contribution in [0.2, 0.25) is 0 Å². The summed E-state index contributed by atoms with van der Waals surface area (Å²) in [5, 5.41) is 0. The normalized spacial score (nSPS) is 21.9. The second kappa shape index (κ2) is 3.13. The predicted octanol–water partition coefficient (Wildman–Crippen LogP) is 1.67. The number of nitrogens with zero attached hydrogens (tertiary/aromatic N) is 1. The van der Waals surface area contributed by atoms with Gasteiger partial charge in [0.05, 0.1) is 12.6 Å². The van der Waals surface area contributed by atoms with E-state index in [1.807, 2.05) is 0 Å². The molecule has 1 aliphatic rings. The number of ether oxygens (including phenoxy) is 1. The summed E-state index contributed by atoms with van der Waals surface area (Å²) >= 11 is 0. The molecule has 1 aromatic rings. The minimum absolute atomic E-state index is 0.368. The molecule has 0 radical (unpaired) electrons. The molecule has 0 bridgehead atoms. The van der Waals surface area contributed by atoms with Crippen molar-refractivity contribution in [2.75, 3.05) is 7.11 Å².